The lowest BCUT2D eigenvalue weighted by Crippen LogP contribution is -2.16. The van der Waals surface area contributed by atoms with E-state index in [1.54, 1.807) is 11.9 Å². The van der Waals surface area contributed by atoms with Crippen molar-refractivity contribution in [3.8, 4) is 0 Å². The summed E-state index contributed by atoms with van der Waals surface area (Å²) < 4.78 is 0. The van der Waals surface area contributed by atoms with Gasteiger partial charge in [0.25, 0.3) is 0 Å². The van der Waals surface area contributed by atoms with E-state index in [0.717, 1.165) is 16.8 Å². The molecule has 104 valence electrons. The van der Waals surface area contributed by atoms with Crippen LogP contribution in [0.15, 0.2) is 24.5 Å². The largest absolute Gasteiger partial charge is 0.378 e. The van der Waals surface area contributed by atoms with Gasteiger partial charge in [0.1, 0.15) is 6.33 Å². The smallest absolute Gasteiger partial charge is 0.353 e. The average molecular weight is 273 g/mol. The molecule has 0 unspecified atom stereocenters. The third-order valence-electron chi connectivity index (χ3n) is 3.05. The standard InChI is InChI=1S/C13H15N5O2/c1-8-4-5-10(9(2)6-8)17(3)13-11(18(19)20)12(14)15-7-16-13/h4-7H,1-3H3,(H2,14,15,16). The number of rotatable bonds is 3. The molecular weight excluding hydrogens is 258 g/mol. The zero-order valence-corrected chi connectivity index (χ0v) is 11.5. The number of aryl methyl sites for hydroxylation is 2. The topological polar surface area (TPSA) is 98.2 Å². The number of hydrogen-bond acceptors (Lipinski definition) is 6. The summed E-state index contributed by atoms with van der Waals surface area (Å²) in [5.41, 5.74) is 8.25. The van der Waals surface area contributed by atoms with Crippen molar-refractivity contribution in [2.24, 2.45) is 0 Å². The third-order valence-corrected chi connectivity index (χ3v) is 3.05. The van der Waals surface area contributed by atoms with Crippen molar-refractivity contribution in [1.29, 1.82) is 0 Å². The van der Waals surface area contributed by atoms with E-state index >= 15 is 0 Å². The Bertz CT molecular complexity index is 672. The molecule has 7 heteroatoms. The van der Waals surface area contributed by atoms with Gasteiger partial charge in [-0.25, -0.2) is 9.97 Å². The maximum atomic E-state index is 11.1. The van der Waals surface area contributed by atoms with Crippen LogP contribution in [0.3, 0.4) is 0 Å². The highest BCUT2D eigenvalue weighted by molar-refractivity contribution is 5.75. The lowest BCUT2D eigenvalue weighted by molar-refractivity contribution is -0.383. The Labute approximate surface area is 116 Å². The SMILES string of the molecule is Cc1ccc(N(C)c2ncnc(N)c2[N+](=O)[O-])c(C)c1. The summed E-state index contributed by atoms with van der Waals surface area (Å²) in [4.78, 5) is 19.9. The van der Waals surface area contributed by atoms with Crippen LogP contribution in [0.2, 0.25) is 0 Å². The number of nitrogens with two attached hydrogens (primary N) is 1. The highest BCUT2D eigenvalue weighted by atomic mass is 16.6. The van der Waals surface area contributed by atoms with Gasteiger partial charge in [0, 0.05) is 12.7 Å². The molecule has 0 amide bonds. The van der Waals surface area contributed by atoms with Crippen LogP contribution < -0.4 is 10.6 Å². The minimum Gasteiger partial charge on any atom is -0.378 e. The molecule has 1 aromatic carbocycles. The fraction of sp³-hybridized carbons (Fsp3) is 0.231. The maximum Gasteiger partial charge on any atom is 0.353 e. The van der Waals surface area contributed by atoms with Crippen molar-refractivity contribution >= 4 is 23.0 Å². The van der Waals surface area contributed by atoms with Crippen LogP contribution in [-0.4, -0.2) is 21.9 Å². The summed E-state index contributed by atoms with van der Waals surface area (Å²) >= 11 is 0. The van der Waals surface area contributed by atoms with Gasteiger partial charge < -0.3 is 10.6 Å². The number of nitro groups is 1. The van der Waals surface area contributed by atoms with Crippen molar-refractivity contribution in [3.63, 3.8) is 0 Å². The van der Waals surface area contributed by atoms with Gasteiger partial charge >= 0.3 is 5.69 Å². The number of aromatic nitrogens is 2. The van der Waals surface area contributed by atoms with Crippen LogP contribution in [-0.2, 0) is 0 Å². The quantitative estimate of drug-likeness (QED) is 0.680. The second-order valence-electron chi connectivity index (χ2n) is 4.54. The Balaban J connectivity index is 2.56. The fourth-order valence-corrected chi connectivity index (χ4v) is 2.10. The minimum absolute atomic E-state index is 0.142. The van der Waals surface area contributed by atoms with Gasteiger partial charge in [-0.1, -0.05) is 17.7 Å². The van der Waals surface area contributed by atoms with Crippen molar-refractivity contribution in [2.45, 2.75) is 13.8 Å². The van der Waals surface area contributed by atoms with Crippen molar-refractivity contribution in [2.75, 3.05) is 17.7 Å². The number of benzene rings is 1. The van der Waals surface area contributed by atoms with E-state index in [9.17, 15) is 10.1 Å². The molecule has 0 saturated heterocycles. The normalized spacial score (nSPS) is 10.3. The lowest BCUT2D eigenvalue weighted by atomic mass is 10.1. The fourth-order valence-electron chi connectivity index (χ4n) is 2.10. The van der Waals surface area contributed by atoms with Gasteiger partial charge in [-0.2, -0.15) is 0 Å². The zero-order valence-electron chi connectivity index (χ0n) is 11.5. The highest BCUT2D eigenvalue weighted by Gasteiger charge is 2.25. The minimum atomic E-state index is -0.565. The van der Waals surface area contributed by atoms with E-state index in [1.165, 1.54) is 6.33 Å². The van der Waals surface area contributed by atoms with Crippen molar-refractivity contribution < 1.29 is 4.92 Å². The van der Waals surface area contributed by atoms with Gasteiger partial charge in [-0.3, -0.25) is 10.1 Å². The number of nitrogen functional groups attached to an aromatic ring is 1. The molecule has 2 aromatic rings. The molecule has 0 atom stereocenters. The van der Waals surface area contributed by atoms with Gasteiger partial charge in [0.2, 0.25) is 11.6 Å². The first-order chi connectivity index (χ1) is 9.41. The second kappa shape index (κ2) is 5.12. The van der Waals surface area contributed by atoms with Gasteiger partial charge in [0.15, 0.2) is 0 Å². The molecule has 2 N–H and O–H groups in total. The Hall–Kier alpha value is -2.70. The number of hydrogen-bond donors (Lipinski definition) is 1. The lowest BCUT2D eigenvalue weighted by Gasteiger charge is -2.20. The number of nitrogens with zero attached hydrogens (tertiary/aromatic N) is 4. The zero-order chi connectivity index (χ0) is 14.9. The summed E-state index contributed by atoms with van der Waals surface area (Å²) in [5, 5.41) is 11.1. The van der Waals surface area contributed by atoms with E-state index in [0.29, 0.717) is 0 Å². The summed E-state index contributed by atoms with van der Waals surface area (Å²) in [5.74, 6) is 0.0334. The molecule has 0 aliphatic heterocycles. The number of anilines is 3. The maximum absolute atomic E-state index is 11.1. The molecule has 1 aromatic heterocycles. The predicted octanol–water partition coefficient (Wildman–Crippen LogP) is 2.35. The summed E-state index contributed by atoms with van der Waals surface area (Å²) in [6, 6.07) is 5.84. The summed E-state index contributed by atoms with van der Waals surface area (Å²) in [6.07, 6.45) is 1.22. The first kappa shape index (κ1) is 13.7. The molecule has 7 nitrogen and oxygen atoms in total. The van der Waals surface area contributed by atoms with Crippen molar-refractivity contribution in [1.82, 2.24) is 9.97 Å². The highest BCUT2D eigenvalue weighted by Crippen LogP contribution is 2.34. The van der Waals surface area contributed by atoms with Crippen LogP contribution in [0.1, 0.15) is 11.1 Å². The molecule has 0 spiro atoms. The van der Waals surface area contributed by atoms with Crippen molar-refractivity contribution in [3.05, 3.63) is 45.8 Å². The average Bonchev–Trinajstić information content (AvgIpc) is 2.37. The van der Waals surface area contributed by atoms with E-state index < -0.39 is 4.92 Å². The van der Waals surface area contributed by atoms with E-state index in [2.05, 4.69) is 9.97 Å². The monoisotopic (exact) mass is 273 g/mol. The molecule has 1 heterocycles. The van der Waals surface area contributed by atoms with E-state index in [-0.39, 0.29) is 17.3 Å². The van der Waals surface area contributed by atoms with Crippen LogP contribution in [0, 0.1) is 24.0 Å². The van der Waals surface area contributed by atoms with E-state index in [4.69, 9.17) is 5.73 Å². The Morgan fingerprint density at radius 3 is 2.60 bits per heavy atom. The molecule has 2 rings (SSSR count). The van der Waals surface area contributed by atoms with Gasteiger partial charge in [-0.05, 0) is 25.5 Å². The van der Waals surface area contributed by atoms with Gasteiger partial charge in [-0.15, -0.1) is 0 Å². The first-order valence-electron chi connectivity index (χ1n) is 5.97. The molecule has 0 saturated carbocycles. The predicted molar refractivity (Wildman–Crippen MR) is 77.1 cm³/mol. The molecule has 0 bridgehead atoms. The summed E-state index contributed by atoms with van der Waals surface area (Å²) in [7, 11) is 1.71. The molecule has 0 fully saturated rings. The Morgan fingerprint density at radius 1 is 1.30 bits per heavy atom. The third kappa shape index (κ3) is 2.37. The van der Waals surface area contributed by atoms with Crippen LogP contribution in [0.25, 0.3) is 0 Å². The van der Waals surface area contributed by atoms with Crippen LogP contribution >= 0.6 is 0 Å². The first-order valence-corrected chi connectivity index (χ1v) is 5.97. The molecular formula is C13H15N5O2. The Morgan fingerprint density at radius 2 is 2.00 bits per heavy atom. The molecule has 0 radical (unpaired) electrons. The van der Waals surface area contributed by atoms with Crippen LogP contribution in [0.4, 0.5) is 23.0 Å². The van der Waals surface area contributed by atoms with Crippen LogP contribution in [0.5, 0.6) is 0 Å². The molecule has 0 aliphatic carbocycles. The second-order valence-corrected chi connectivity index (χ2v) is 4.54. The Kier molecular flexibility index (Phi) is 3.51. The summed E-state index contributed by atoms with van der Waals surface area (Å²) in [6.45, 7) is 3.93. The molecule has 0 aliphatic rings. The van der Waals surface area contributed by atoms with E-state index in [1.807, 2.05) is 32.0 Å². The molecule has 20 heavy (non-hydrogen) atoms. The van der Waals surface area contributed by atoms with Gasteiger partial charge in [0.05, 0.1) is 4.92 Å².